The van der Waals surface area contributed by atoms with Gasteiger partial charge in [0.2, 0.25) is 0 Å². The maximum absolute atomic E-state index is 10.9. The Balaban J connectivity index is 2.18. The summed E-state index contributed by atoms with van der Waals surface area (Å²) in [5.41, 5.74) is 0.911. The number of aliphatic hydroxyl groups is 1. The van der Waals surface area contributed by atoms with Crippen LogP contribution in [0.1, 0.15) is 17.2 Å². The zero-order chi connectivity index (χ0) is 14.5. The number of carbonyl (C=O) groups is 1. The third kappa shape index (κ3) is 3.29. The lowest BCUT2D eigenvalue weighted by Gasteiger charge is -2.13. The minimum atomic E-state index is -1.57. The first kappa shape index (κ1) is 14.4. The third-order valence-electron chi connectivity index (χ3n) is 2.80. The highest BCUT2D eigenvalue weighted by Crippen LogP contribution is 2.25. The number of aliphatic carboxylic acids is 1. The fourth-order valence-corrected chi connectivity index (χ4v) is 1.97. The molecule has 0 fully saturated rings. The van der Waals surface area contributed by atoms with Crippen molar-refractivity contribution in [2.45, 2.75) is 12.7 Å². The largest absolute Gasteiger partial charge is 0.487 e. The third-order valence-corrected chi connectivity index (χ3v) is 3.12. The van der Waals surface area contributed by atoms with E-state index in [9.17, 15) is 9.90 Å². The summed E-state index contributed by atoms with van der Waals surface area (Å²) in [5.74, 6) is -0.788. The molecular formula is C15H13ClO4. The maximum atomic E-state index is 10.9. The summed E-state index contributed by atoms with van der Waals surface area (Å²) >= 11 is 5.97. The van der Waals surface area contributed by atoms with Gasteiger partial charge in [-0.1, -0.05) is 48.0 Å². The van der Waals surface area contributed by atoms with Crippen molar-refractivity contribution in [3.8, 4) is 5.75 Å². The van der Waals surface area contributed by atoms with E-state index in [1.165, 1.54) is 0 Å². The van der Waals surface area contributed by atoms with Gasteiger partial charge in [-0.3, -0.25) is 0 Å². The first-order valence-electron chi connectivity index (χ1n) is 5.95. The van der Waals surface area contributed by atoms with E-state index in [2.05, 4.69) is 0 Å². The van der Waals surface area contributed by atoms with Gasteiger partial charge in [0.1, 0.15) is 12.4 Å². The SMILES string of the molecule is O=C(O)C(O)c1ccccc1COc1ccccc1Cl. The molecule has 2 aromatic carbocycles. The van der Waals surface area contributed by atoms with E-state index in [-0.39, 0.29) is 6.61 Å². The average Bonchev–Trinajstić information content (AvgIpc) is 2.46. The van der Waals surface area contributed by atoms with Crippen molar-refractivity contribution in [2.75, 3.05) is 0 Å². The van der Waals surface area contributed by atoms with Gasteiger partial charge in [-0.15, -0.1) is 0 Å². The van der Waals surface area contributed by atoms with Gasteiger partial charge in [-0.25, -0.2) is 4.79 Å². The molecule has 0 saturated heterocycles. The number of aliphatic hydroxyl groups excluding tert-OH is 1. The molecule has 0 amide bonds. The van der Waals surface area contributed by atoms with Crippen molar-refractivity contribution in [3.05, 3.63) is 64.7 Å². The molecule has 104 valence electrons. The average molecular weight is 293 g/mol. The number of hydrogen-bond donors (Lipinski definition) is 2. The Morgan fingerprint density at radius 1 is 1.15 bits per heavy atom. The van der Waals surface area contributed by atoms with Gasteiger partial charge in [-0.05, 0) is 23.3 Å². The Bertz CT molecular complexity index is 612. The number of carboxylic acid groups (broad SMARTS) is 1. The molecule has 4 nitrogen and oxygen atoms in total. The van der Waals surface area contributed by atoms with Gasteiger partial charge in [0.05, 0.1) is 5.02 Å². The molecule has 0 radical (unpaired) electrons. The fraction of sp³-hybridized carbons (Fsp3) is 0.133. The quantitative estimate of drug-likeness (QED) is 0.889. The second-order valence-electron chi connectivity index (χ2n) is 4.16. The van der Waals surface area contributed by atoms with Crippen LogP contribution in [0, 0.1) is 0 Å². The smallest absolute Gasteiger partial charge is 0.337 e. The van der Waals surface area contributed by atoms with E-state index in [4.69, 9.17) is 21.4 Å². The molecule has 2 rings (SSSR count). The molecule has 2 N–H and O–H groups in total. The van der Waals surface area contributed by atoms with E-state index in [0.29, 0.717) is 21.9 Å². The van der Waals surface area contributed by atoms with Crippen molar-refractivity contribution in [3.63, 3.8) is 0 Å². The predicted molar refractivity (Wildman–Crippen MR) is 74.8 cm³/mol. The standard InChI is InChI=1S/C15H13ClO4/c16-12-7-3-4-8-13(12)20-9-10-5-1-2-6-11(10)14(17)15(18)19/h1-8,14,17H,9H2,(H,18,19). The Morgan fingerprint density at radius 3 is 2.50 bits per heavy atom. The molecule has 0 bridgehead atoms. The van der Waals surface area contributed by atoms with E-state index >= 15 is 0 Å². The van der Waals surface area contributed by atoms with E-state index in [1.54, 1.807) is 48.5 Å². The lowest BCUT2D eigenvalue weighted by molar-refractivity contribution is -0.147. The summed E-state index contributed by atoms with van der Waals surface area (Å²) in [6.07, 6.45) is -1.57. The molecule has 2 aromatic rings. The van der Waals surface area contributed by atoms with Gasteiger partial charge in [0.15, 0.2) is 6.10 Å². The van der Waals surface area contributed by atoms with Crippen LogP contribution in [0.2, 0.25) is 5.02 Å². The number of hydrogen-bond acceptors (Lipinski definition) is 3. The first-order chi connectivity index (χ1) is 9.59. The van der Waals surface area contributed by atoms with E-state index in [0.717, 1.165) is 0 Å². The van der Waals surface area contributed by atoms with Crippen LogP contribution in [0.3, 0.4) is 0 Å². The molecule has 20 heavy (non-hydrogen) atoms. The molecule has 1 unspecified atom stereocenters. The molecular weight excluding hydrogens is 280 g/mol. The summed E-state index contributed by atoms with van der Waals surface area (Å²) in [7, 11) is 0. The number of halogens is 1. The number of benzene rings is 2. The van der Waals surface area contributed by atoms with Crippen molar-refractivity contribution in [1.82, 2.24) is 0 Å². The normalized spacial score (nSPS) is 11.9. The van der Waals surface area contributed by atoms with Gasteiger partial charge in [0.25, 0.3) is 0 Å². The highest BCUT2D eigenvalue weighted by atomic mass is 35.5. The fourth-order valence-electron chi connectivity index (χ4n) is 1.78. The van der Waals surface area contributed by atoms with Crippen molar-refractivity contribution in [2.24, 2.45) is 0 Å². The van der Waals surface area contributed by atoms with Gasteiger partial charge >= 0.3 is 5.97 Å². The molecule has 0 aliphatic heterocycles. The van der Waals surface area contributed by atoms with Gasteiger partial charge < -0.3 is 14.9 Å². The molecule has 0 aliphatic rings. The summed E-state index contributed by atoms with van der Waals surface area (Å²) < 4.78 is 5.56. The van der Waals surface area contributed by atoms with Crippen molar-refractivity contribution >= 4 is 17.6 Å². The van der Waals surface area contributed by atoms with Crippen LogP contribution in [-0.2, 0) is 11.4 Å². The Kier molecular flexibility index (Phi) is 4.61. The maximum Gasteiger partial charge on any atom is 0.337 e. The van der Waals surface area contributed by atoms with Crippen LogP contribution in [0.15, 0.2) is 48.5 Å². The zero-order valence-corrected chi connectivity index (χ0v) is 11.2. The molecule has 0 heterocycles. The van der Waals surface area contributed by atoms with Crippen LogP contribution >= 0.6 is 11.6 Å². The van der Waals surface area contributed by atoms with Crippen LogP contribution in [0.5, 0.6) is 5.75 Å². The highest BCUT2D eigenvalue weighted by molar-refractivity contribution is 6.32. The van der Waals surface area contributed by atoms with E-state index in [1.807, 2.05) is 0 Å². The summed E-state index contributed by atoms with van der Waals surface area (Å²) in [6.45, 7) is 0.129. The summed E-state index contributed by atoms with van der Waals surface area (Å²) in [4.78, 5) is 10.9. The van der Waals surface area contributed by atoms with Crippen LogP contribution in [0.25, 0.3) is 0 Å². The van der Waals surface area contributed by atoms with Crippen molar-refractivity contribution in [1.29, 1.82) is 0 Å². The number of ether oxygens (including phenoxy) is 1. The lowest BCUT2D eigenvalue weighted by atomic mass is 10.0. The van der Waals surface area contributed by atoms with Crippen LogP contribution in [-0.4, -0.2) is 16.2 Å². The number of rotatable bonds is 5. The number of para-hydroxylation sites is 1. The second-order valence-corrected chi connectivity index (χ2v) is 4.57. The molecule has 0 saturated carbocycles. The van der Waals surface area contributed by atoms with Crippen LogP contribution in [0.4, 0.5) is 0 Å². The Labute approximate surface area is 121 Å². The van der Waals surface area contributed by atoms with Gasteiger partial charge in [0, 0.05) is 0 Å². The monoisotopic (exact) mass is 292 g/mol. The predicted octanol–water partition coefficient (Wildman–Crippen LogP) is 3.04. The number of carboxylic acids is 1. The minimum Gasteiger partial charge on any atom is -0.487 e. The second kappa shape index (κ2) is 6.41. The highest BCUT2D eigenvalue weighted by Gasteiger charge is 2.19. The molecule has 1 atom stereocenters. The van der Waals surface area contributed by atoms with E-state index < -0.39 is 12.1 Å². The molecule has 0 aromatic heterocycles. The summed E-state index contributed by atoms with van der Waals surface area (Å²) in [5, 5.41) is 19.0. The zero-order valence-electron chi connectivity index (χ0n) is 10.5. The summed E-state index contributed by atoms with van der Waals surface area (Å²) in [6, 6.07) is 13.7. The molecule has 0 spiro atoms. The molecule has 5 heteroatoms. The lowest BCUT2D eigenvalue weighted by Crippen LogP contribution is -2.13. The van der Waals surface area contributed by atoms with Crippen LogP contribution < -0.4 is 4.74 Å². The topological polar surface area (TPSA) is 66.8 Å². The Morgan fingerprint density at radius 2 is 1.80 bits per heavy atom. The molecule has 0 aliphatic carbocycles. The first-order valence-corrected chi connectivity index (χ1v) is 6.33. The van der Waals surface area contributed by atoms with Gasteiger partial charge in [-0.2, -0.15) is 0 Å². The Hall–Kier alpha value is -2.04. The van der Waals surface area contributed by atoms with Crippen molar-refractivity contribution < 1.29 is 19.7 Å². The minimum absolute atomic E-state index is 0.129.